The van der Waals surface area contributed by atoms with Crippen LogP contribution in [-0.4, -0.2) is 63.4 Å². The summed E-state index contributed by atoms with van der Waals surface area (Å²) in [6, 6.07) is 18.7. The SMILES string of the molecule is COc1ccc2c(c1)C(c1ccc(Cl)cc1)=N[C@@H](CC(=O)NCCCCCCCCCCCCCCCCNS(=O)(=O)c1cc(-c3c(C)noc3C)ccc1C)C1NN=C(C)N21. The van der Waals surface area contributed by atoms with Gasteiger partial charge in [0.05, 0.1) is 41.6 Å². The van der Waals surface area contributed by atoms with Gasteiger partial charge in [-0.2, -0.15) is 5.10 Å². The number of carbonyl (C=O) groups excluding carboxylic acids is 1. The number of hydrogen-bond donors (Lipinski definition) is 3. The van der Waals surface area contributed by atoms with Crippen LogP contribution in [0.25, 0.3) is 11.1 Å². The Morgan fingerprint density at radius 2 is 1.42 bits per heavy atom. The van der Waals surface area contributed by atoms with Crippen LogP contribution in [0.3, 0.4) is 0 Å². The molecule has 1 aromatic heterocycles. The van der Waals surface area contributed by atoms with Crippen molar-refractivity contribution in [3.63, 3.8) is 0 Å². The van der Waals surface area contributed by atoms with Crippen LogP contribution in [0.15, 0.2) is 80.2 Å². The second-order valence-corrected chi connectivity index (χ2v) is 18.8. The molecule has 0 saturated heterocycles. The fourth-order valence-corrected chi connectivity index (χ4v) is 9.95. The van der Waals surface area contributed by atoms with Gasteiger partial charge in [0, 0.05) is 34.8 Å². The molecule has 12 nitrogen and oxygen atoms in total. The normalized spacial score (nSPS) is 15.9. The van der Waals surface area contributed by atoms with E-state index in [1.54, 1.807) is 13.2 Å². The van der Waals surface area contributed by atoms with Gasteiger partial charge in [-0.15, -0.1) is 0 Å². The van der Waals surface area contributed by atoms with E-state index in [9.17, 15) is 13.2 Å². The Kier molecular flexibility index (Phi) is 17.0. The highest BCUT2D eigenvalue weighted by atomic mass is 35.5. The van der Waals surface area contributed by atoms with Crippen molar-refractivity contribution < 1.29 is 22.5 Å². The van der Waals surface area contributed by atoms with Gasteiger partial charge in [0.15, 0.2) is 0 Å². The highest BCUT2D eigenvalue weighted by molar-refractivity contribution is 7.89. The number of nitrogens with one attached hydrogen (secondary N) is 3. The van der Waals surface area contributed by atoms with Gasteiger partial charge in [0.25, 0.3) is 0 Å². The van der Waals surface area contributed by atoms with Gasteiger partial charge in [0.2, 0.25) is 15.9 Å². The Bertz CT molecular complexity index is 2270. The third-order valence-corrected chi connectivity index (χ3v) is 13.7. The number of aromatic nitrogens is 1. The number of aryl methyl sites for hydroxylation is 3. The lowest BCUT2D eigenvalue weighted by molar-refractivity contribution is -0.121. The van der Waals surface area contributed by atoms with Crippen LogP contribution in [0.4, 0.5) is 5.69 Å². The number of sulfonamides is 1. The van der Waals surface area contributed by atoms with E-state index in [0.29, 0.717) is 34.3 Å². The molecule has 0 fully saturated rings. The molecule has 14 heteroatoms. The molecule has 334 valence electrons. The number of methoxy groups -OCH3 is 1. The van der Waals surface area contributed by atoms with Crippen molar-refractivity contribution >= 4 is 44.8 Å². The molecule has 0 bridgehead atoms. The molecule has 3 N–H and O–H groups in total. The Morgan fingerprint density at radius 3 is 2.03 bits per heavy atom. The van der Waals surface area contributed by atoms with Crippen molar-refractivity contribution in [3.8, 4) is 16.9 Å². The first-order chi connectivity index (χ1) is 30.0. The van der Waals surface area contributed by atoms with E-state index >= 15 is 0 Å². The minimum Gasteiger partial charge on any atom is -0.497 e. The summed E-state index contributed by atoms with van der Waals surface area (Å²) in [7, 11) is -1.96. The summed E-state index contributed by atoms with van der Waals surface area (Å²) in [6.45, 7) is 8.58. The van der Waals surface area contributed by atoms with Gasteiger partial charge in [-0.05, 0) is 88.1 Å². The monoisotopic (exact) mass is 885 g/mol. The molecule has 1 unspecified atom stereocenters. The van der Waals surface area contributed by atoms with E-state index in [4.69, 9.17) is 25.9 Å². The average Bonchev–Trinajstić information content (AvgIpc) is 3.77. The molecule has 0 radical (unpaired) electrons. The first-order valence-corrected chi connectivity index (χ1v) is 24.2. The number of amidine groups is 1. The lowest BCUT2D eigenvalue weighted by Crippen LogP contribution is -2.48. The number of ether oxygens (including phenoxy) is 1. The van der Waals surface area contributed by atoms with E-state index in [1.807, 2.05) is 82.3 Å². The predicted molar refractivity (Wildman–Crippen MR) is 250 cm³/mol. The summed E-state index contributed by atoms with van der Waals surface area (Å²) in [6.07, 6.45) is 16.1. The third kappa shape index (κ3) is 12.3. The minimum atomic E-state index is -3.61. The third-order valence-electron chi connectivity index (χ3n) is 11.9. The van der Waals surface area contributed by atoms with Crippen LogP contribution in [0.5, 0.6) is 5.75 Å². The first-order valence-electron chi connectivity index (χ1n) is 22.4. The molecule has 3 heterocycles. The number of amides is 1. The predicted octanol–water partition coefficient (Wildman–Crippen LogP) is 10.2. The number of rotatable bonds is 24. The van der Waals surface area contributed by atoms with Gasteiger partial charge in [-0.25, -0.2) is 13.1 Å². The second-order valence-electron chi connectivity index (χ2n) is 16.6. The summed E-state index contributed by atoms with van der Waals surface area (Å²) in [5.41, 5.74) is 9.92. The van der Waals surface area contributed by atoms with E-state index in [2.05, 4.69) is 30.6 Å². The Hall–Kier alpha value is -4.72. The molecule has 2 aliphatic rings. The molecule has 0 saturated carbocycles. The van der Waals surface area contributed by atoms with Crippen molar-refractivity contribution in [2.75, 3.05) is 25.1 Å². The largest absolute Gasteiger partial charge is 0.497 e. The van der Waals surface area contributed by atoms with Crippen molar-refractivity contribution in [1.82, 2.24) is 20.6 Å². The maximum absolute atomic E-state index is 13.3. The molecule has 2 aliphatic heterocycles. The molecule has 3 aromatic carbocycles. The zero-order chi connectivity index (χ0) is 44.1. The molecule has 6 rings (SSSR count). The van der Waals surface area contributed by atoms with Crippen LogP contribution in [0.1, 0.15) is 131 Å². The van der Waals surface area contributed by atoms with Gasteiger partial charge >= 0.3 is 0 Å². The number of hydrogen-bond acceptors (Lipinski definition) is 10. The van der Waals surface area contributed by atoms with Crippen molar-refractivity contribution in [1.29, 1.82) is 0 Å². The molecule has 1 amide bonds. The van der Waals surface area contributed by atoms with Crippen LogP contribution in [-0.2, 0) is 14.8 Å². The standard InChI is InChI=1S/C48H64ClN7O5S/c1-33-20-21-38(46-34(2)55-61-35(46)3)30-44(33)62(58,59)51-29-19-17-15-13-11-9-7-6-8-10-12-14-16-18-28-50-45(57)32-42-48-54-53-36(4)56(48)43-27-26-40(60-5)31-41(43)47(52-42)37-22-24-39(49)25-23-37/h20-27,30-31,42,48,51,54H,6-19,28-29,32H2,1-5H3,(H,50,57)/t42-,48?/m0/s1. The number of carbonyl (C=O) groups is 1. The summed E-state index contributed by atoms with van der Waals surface area (Å²) in [5.74, 6) is 2.20. The maximum Gasteiger partial charge on any atom is 0.240 e. The number of aliphatic imine (C=N–C) groups is 1. The lowest BCUT2D eigenvalue weighted by atomic mass is 9.99. The Labute approximate surface area is 373 Å². The van der Waals surface area contributed by atoms with E-state index in [1.165, 1.54) is 57.8 Å². The quantitative estimate of drug-likeness (QED) is 0.0589. The molecule has 4 aromatic rings. The van der Waals surface area contributed by atoms with Crippen molar-refractivity contribution in [2.45, 2.75) is 141 Å². The number of nitrogens with zero attached hydrogens (tertiary/aromatic N) is 4. The smallest absolute Gasteiger partial charge is 0.240 e. The van der Waals surface area contributed by atoms with Gasteiger partial charge < -0.3 is 19.5 Å². The van der Waals surface area contributed by atoms with Crippen LogP contribution >= 0.6 is 11.6 Å². The zero-order valence-corrected chi connectivity index (χ0v) is 38.6. The van der Waals surface area contributed by atoms with Crippen molar-refractivity contribution in [2.24, 2.45) is 10.1 Å². The Balaban J connectivity index is 0.804. The molecular formula is C48H64ClN7O5S. The van der Waals surface area contributed by atoms with Gasteiger partial charge in [-0.1, -0.05) is 118 Å². The zero-order valence-electron chi connectivity index (χ0n) is 37.1. The van der Waals surface area contributed by atoms with Crippen molar-refractivity contribution in [3.05, 3.63) is 93.8 Å². The number of hydrazone groups is 1. The van der Waals surface area contributed by atoms with E-state index < -0.39 is 10.0 Å². The molecular weight excluding hydrogens is 822 g/mol. The summed E-state index contributed by atoms with van der Waals surface area (Å²) in [4.78, 5) is 21.0. The number of benzene rings is 3. The summed E-state index contributed by atoms with van der Waals surface area (Å²) >= 11 is 6.24. The van der Waals surface area contributed by atoms with Crippen LogP contribution < -0.4 is 25.1 Å². The second kappa shape index (κ2) is 22.6. The highest BCUT2D eigenvalue weighted by Crippen LogP contribution is 2.36. The molecule has 2 atom stereocenters. The molecule has 62 heavy (non-hydrogen) atoms. The highest BCUT2D eigenvalue weighted by Gasteiger charge is 2.39. The Morgan fingerprint density at radius 1 is 0.806 bits per heavy atom. The van der Waals surface area contributed by atoms with E-state index in [-0.39, 0.29) is 24.5 Å². The maximum atomic E-state index is 13.3. The van der Waals surface area contributed by atoms with Crippen LogP contribution in [0.2, 0.25) is 5.02 Å². The van der Waals surface area contributed by atoms with E-state index in [0.717, 1.165) is 83.0 Å². The lowest BCUT2D eigenvalue weighted by Gasteiger charge is -2.29. The number of anilines is 1. The number of fused-ring (bicyclic) bond motifs is 3. The minimum absolute atomic E-state index is 0.0186. The number of halogens is 1. The molecule has 0 spiro atoms. The molecule has 0 aliphatic carbocycles. The fourth-order valence-electron chi connectivity index (χ4n) is 8.48. The first kappa shape index (κ1) is 46.8. The topological polar surface area (TPSA) is 151 Å². The fraction of sp³-hybridized carbons (Fsp3) is 0.500. The number of unbranched alkanes of at least 4 members (excludes halogenated alkanes) is 13. The van der Waals surface area contributed by atoms with Gasteiger partial charge in [0.1, 0.15) is 23.5 Å². The summed E-state index contributed by atoms with van der Waals surface area (Å²) in [5, 5.41) is 12.3. The average molecular weight is 887 g/mol. The van der Waals surface area contributed by atoms with Gasteiger partial charge in [-0.3, -0.25) is 15.2 Å². The summed E-state index contributed by atoms with van der Waals surface area (Å²) < 4.78 is 39.9. The van der Waals surface area contributed by atoms with Crippen LogP contribution in [0, 0.1) is 20.8 Å².